The van der Waals surface area contributed by atoms with Crippen LogP contribution in [0.25, 0.3) is 0 Å². The zero-order valence-corrected chi connectivity index (χ0v) is 11.0. The highest BCUT2D eigenvalue weighted by atomic mass is 16.5. The van der Waals surface area contributed by atoms with Gasteiger partial charge >= 0.3 is 5.97 Å². The van der Waals surface area contributed by atoms with E-state index in [1.165, 1.54) is 7.11 Å². The van der Waals surface area contributed by atoms with Crippen LogP contribution in [0.2, 0.25) is 0 Å². The molecule has 106 valence electrons. The number of carboxylic acids is 1. The van der Waals surface area contributed by atoms with Crippen LogP contribution < -0.4 is 14.8 Å². The fraction of sp³-hybridized carbons (Fsp3) is 0.462. The highest BCUT2D eigenvalue weighted by Gasteiger charge is 2.12. The summed E-state index contributed by atoms with van der Waals surface area (Å²) in [6, 6.07) is 5.32. The van der Waals surface area contributed by atoms with Crippen LogP contribution in [-0.2, 0) is 11.3 Å². The summed E-state index contributed by atoms with van der Waals surface area (Å²) in [6.45, 7) is 2.15. The molecule has 0 saturated heterocycles. The number of aliphatic carboxylic acids is 1. The number of aliphatic hydroxyl groups is 1. The van der Waals surface area contributed by atoms with Crippen LogP contribution in [0.3, 0.4) is 0 Å². The van der Waals surface area contributed by atoms with Crippen molar-refractivity contribution in [2.24, 2.45) is 0 Å². The van der Waals surface area contributed by atoms with Gasteiger partial charge in [0.2, 0.25) is 0 Å². The zero-order valence-electron chi connectivity index (χ0n) is 11.0. The molecule has 0 unspecified atom stereocenters. The number of aliphatic hydroxyl groups excluding tert-OH is 1. The quantitative estimate of drug-likeness (QED) is 0.641. The second-order valence-electron chi connectivity index (χ2n) is 4.11. The number of para-hydroxylation sites is 1. The molecule has 0 heterocycles. The third-order valence-corrected chi connectivity index (χ3v) is 2.38. The van der Waals surface area contributed by atoms with E-state index in [9.17, 15) is 9.90 Å². The molecule has 19 heavy (non-hydrogen) atoms. The summed E-state index contributed by atoms with van der Waals surface area (Å²) >= 11 is 0. The molecule has 1 atom stereocenters. The number of methoxy groups -OCH3 is 1. The molecule has 1 rings (SSSR count). The second-order valence-corrected chi connectivity index (χ2v) is 4.11. The molecule has 0 spiro atoms. The number of benzene rings is 1. The molecule has 1 aromatic carbocycles. The van der Waals surface area contributed by atoms with Crippen LogP contribution in [0.1, 0.15) is 12.5 Å². The van der Waals surface area contributed by atoms with Gasteiger partial charge in [-0.15, -0.1) is 0 Å². The predicted octanol–water partition coefficient (Wildman–Crippen LogP) is 0.629. The highest BCUT2D eigenvalue weighted by Crippen LogP contribution is 2.30. The third kappa shape index (κ3) is 5.15. The van der Waals surface area contributed by atoms with Crippen LogP contribution in [-0.4, -0.2) is 42.5 Å². The van der Waals surface area contributed by atoms with Gasteiger partial charge in [0.05, 0.1) is 13.2 Å². The Morgan fingerprint density at radius 2 is 2.21 bits per heavy atom. The minimum Gasteiger partial charge on any atom is -0.493 e. The van der Waals surface area contributed by atoms with E-state index in [1.807, 2.05) is 6.07 Å². The largest absolute Gasteiger partial charge is 0.493 e. The molecule has 0 radical (unpaired) electrons. The van der Waals surface area contributed by atoms with Crippen LogP contribution in [0.15, 0.2) is 18.2 Å². The summed E-state index contributed by atoms with van der Waals surface area (Å²) in [7, 11) is 1.50. The summed E-state index contributed by atoms with van der Waals surface area (Å²) in [6.07, 6.45) is -0.450. The molecule has 6 heteroatoms. The van der Waals surface area contributed by atoms with Gasteiger partial charge < -0.3 is 25.0 Å². The summed E-state index contributed by atoms with van der Waals surface area (Å²) < 4.78 is 10.4. The Kier molecular flexibility index (Phi) is 6.11. The van der Waals surface area contributed by atoms with Gasteiger partial charge in [0, 0.05) is 18.7 Å². The smallest absolute Gasteiger partial charge is 0.341 e. The average Bonchev–Trinajstić information content (AvgIpc) is 2.36. The maximum atomic E-state index is 10.6. The Bertz CT molecular complexity index is 419. The van der Waals surface area contributed by atoms with Crippen LogP contribution in [0.4, 0.5) is 0 Å². The lowest BCUT2D eigenvalue weighted by Crippen LogP contribution is -2.24. The fourth-order valence-corrected chi connectivity index (χ4v) is 1.57. The van der Waals surface area contributed by atoms with Gasteiger partial charge in [-0.1, -0.05) is 12.1 Å². The monoisotopic (exact) mass is 269 g/mol. The summed E-state index contributed by atoms with van der Waals surface area (Å²) in [5.41, 5.74) is 0.779. The number of hydrogen-bond donors (Lipinski definition) is 3. The summed E-state index contributed by atoms with van der Waals surface area (Å²) in [5, 5.41) is 20.9. The van der Waals surface area contributed by atoms with Gasteiger partial charge in [-0.25, -0.2) is 4.79 Å². The van der Waals surface area contributed by atoms with E-state index in [-0.39, 0.29) is 0 Å². The first-order chi connectivity index (χ1) is 9.04. The molecule has 0 amide bonds. The molecule has 0 saturated carbocycles. The van der Waals surface area contributed by atoms with Crippen molar-refractivity contribution in [2.75, 3.05) is 20.3 Å². The van der Waals surface area contributed by atoms with Gasteiger partial charge in [-0.3, -0.25) is 0 Å². The van der Waals surface area contributed by atoms with Crippen molar-refractivity contribution in [3.05, 3.63) is 23.8 Å². The molecule has 0 aliphatic rings. The standard InChI is InChI=1S/C13H19NO5/c1-9(15)6-14-7-10-4-3-5-11(18-2)13(10)19-8-12(16)17/h3-5,9,14-15H,6-8H2,1-2H3,(H,16,17)/t9-/m1/s1. The van der Waals surface area contributed by atoms with Crippen LogP contribution >= 0.6 is 0 Å². The Labute approximate surface area is 112 Å². The van der Waals surface area contributed by atoms with Gasteiger partial charge in [0.1, 0.15) is 0 Å². The fourth-order valence-electron chi connectivity index (χ4n) is 1.57. The first-order valence-electron chi connectivity index (χ1n) is 5.93. The van der Waals surface area contributed by atoms with Gasteiger partial charge in [-0.05, 0) is 13.0 Å². The molecule has 1 aromatic rings. The average molecular weight is 269 g/mol. The van der Waals surface area contributed by atoms with Gasteiger partial charge in [-0.2, -0.15) is 0 Å². The molecule has 0 aliphatic heterocycles. The molecular weight excluding hydrogens is 250 g/mol. The number of carboxylic acid groups (broad SMARTS) is 1. The van der Waals surface area contributed by atoms with E-state index in [2.05, 4.69) is 5.32 Å². The Morgan fingerprint density at radius 1 is 1.47 bits per heavy atom. The highest BCUT2D eigenvalue weighted by molar-refractivity contribution is 5.68. The first-order valence-corrected chi connectivity index (χ1v) is 5.93. The van der Waals surface area contributed by atoms with E-state index in [4.69, 9.17) is 14.6 Å². The maximum absolute atomic E-state index is 10.6. The minimum atomic E-state index is -1.05. The molecular formula is C13H19NO5. The van der Waals surface area contributed by atoms with Crippen molar-refractivity contribution < 1.29 is 24.5 Å². The molecule has 0 fully saturated rings. The topological polar surface area (TPSA) is 88.0 Å². The van der Waals surface area contributed by atoms with Crippen molar-refractivity contribution in [3.63, 3.8) is 0 Å². The van der Waals surface area contributed by atoms with Crippen molar-refractivity contribution in [1.29, 1.82) is 0 Å². The number of carbonyl (C=O) groups is 1. The normalized spacial score (nSPS) is 11.9. The number of hydrogen-bond acceptors (Lipinski definition) is 5. The van der Waals surface area contributed by atoms with E-state index in [0.29, 0.717) is 24.6 Å². The van der Waals surface area contributed by atoms with Crippen molar-refractivity contribution in [3.8, 4) is 11.5 Å². The lowest BCUT2D eigenvalue weighted by atomic mass is 10.2. The number of ether oxygens (including phenoxy) is 2. The Morgan fingerprint density at radius 3 is 2.79 bits per heavy atom. The van der Waals surface area contributed by atoms with E-state index in [1.54, 1.807) is 19.1 Å². The third-order valence-electron chi connectivity index (χ3n) is 2.38. The molecule has 0 aliphatic carbocycles. The SMILES string of the molecule is COc1cccc(CNC[C@@H](C)O)c1OCC(=O)O. The Hall–Kier alpha value is -1.79. The van der Waals surface area contributed by atoms with Gasteiger partial charge in [0.15, 0.2) is 18.1 Å². The van der Waals surface area contributed by atoms with Crippen LogP contribution in [0, 0.1) is 0 Å². The van der Waals surface area contributed by atoms with Crippen molar-refractivity contribution in [2.45, 2.75) is 19.6 Å². The van der Waals surface area contributed by atoms with Crippen molar-refractivity contribution in [1.82, 2.24) is 5.32 Å². The number of rotatable bonds is 8. The summed E-state index contributed by atoms with van der Waals surface area (Å²) in [5.74, 6) is -0.156. The zero-order chi connectivity index (χ0) is 14.3. The number of nitrogens with one attached hydrogen (secondary N) is 1. The maximum Gasteiger partial charge on any atom is 0.341 e. The van der Waals surface area contributed by atoms with E-state index < -0.39 is 18.7 Å². The van der Waals surface area contributed by atoms with Gasteiger partial charge in [0.25, 0.3) is 0 Å². The first kappa shape index (κ1) is 15.3. The molecule has 6 nitrogen and oxygen atoms in total. The Balaban J connectivity index is 2.79. The predicted molar refractivity (Wildman–Crippen MR) is 69.5 cm³/mol. The molecule has 0 aromatic heterocycles. The minimum absolute atomic E-state index is 0.408. The van der Waals surface area contributed by atoms with E-state index >= 15 is 0 Å². The lowest BCUT2D eigenvalue weighted by molar-refractivity contribution is -0.139. The second kappa shape index (κ2) is 7.60. The van der Waals surface area contributed by atoms with Crippen LogP contribution in [0.5, 0.6) is 11.5 Å². The van der Waals surface area contributed by atoms with E-state index in [0.717, 1.165) is 5.56 Å². The summed E-state index contributed by atoms with van der Waals surface area (Å²) in [4.78, 5) is 10.6. The van der Waals surface area contributed by atoms with Crippen molar-refractivity contribution >= 4 is 5.97 Å². The lowest BCUT2D eigenvalue weighted by Gasteiger charge is -2.15. The molecule has 0 bridgehead atoms. The molecule has 3 N–H and O–H groups in total.